The Labute approximate surface area is 127 Å². The van der Waals surface area contributed by atoms with Crippen LogP contribution >= 0.6 is 0 Å². The summed E-state index contributed by atoms with van der Waals surface area (Å²) in [6.45, 7) is 4.90. The molecule has 0 aromatic carbocycles. The molecule has 0 radical (unpaired) electrons. The van der Waals surface area contributed by atoms with E-state index in [-0.39, 0.29) is 0 Å². The Morgan fingerprint density at radius 1 is 1.19 bits per heavy atom. The van der Waals surface area contributed by atoms with Crippen molar-refractivity contribution in [2.24, 2.45) is 4.99 Å². The molecule has 0 amide bonds. The van der Waals surface area contributed by atoms with Crippen LogP contribution in [0.5, 0.6) is 0 Å². The van der Waals surface area contributed by atoms with Crippen molar-refractivity contribution in [3.8, 4) is 0 Å². The summed E-state index contributed by atoms with van der Waals surface area (Å²) in [4.78, 5) is 4.25. The predicted octanol–water partition coefficient (Wildman–Crippen LogP) is 1.86. The molecule has 0 fully saturated rings. The van der Waals surface area contributed by atoms with Gasteiger partial charge in [0.15, 0.2) is 11.8 Å². The number of aliphatic imine (C=N–C) groups is 1. The van der Waals surface area contributed by atoms with Gasteiger partial charge >= 0.3 is 0 Å². The van der Waals surface area contributed by atoms with Crippen LogP contribution in [-0.2, 0) is 19.5 Å². The first-order valence-electron chi connectivity index (χ1n) is 8.20. The molecular formula is C15H28N6. The van der Waals surface area contributed by atoms with E-state index in [0.29, 0.717) is 6.54 Å². The highest BCUT2D eigenvalue weighted by atomic mass is 15.3. The molecule has 0 bridgehead atoms. The van der Waals surface area contributed by atoms with Gasteiger partial charge in [0.2, 0.25) is 0 Å². The summed E-state index contributed by atoms with van der Waals surface area (Å²) in [6.07, 6.45) is 8.46. The molecule has 1 aromatic heterocycles. The van der Waals surface area contributed by atoms with Gasteiger partial charge in [-0.1, -0.05) is 26.2 Å². The second-order valence-electron chi connectivity index (χ2n) is 5.55. The van der Waals surface area contributed by atoms with Crippen LogP contribution in [0.25, 0.3) is 0 Å². The Bertz CT molecular complexity index is 451. The topological polar surface area (TPSA) is 67.1 Å². The first kappa shape index (κ1) is 15.8. The average molecular weight is 292 g/mol. The van der Waals surface area contributed by atoms with E-state index in [1.807, 2.05) is 0 Å². The minimum absolute atomic E-state index is 0.681. The number of fused-ring (bicyclic) bond motifs is 1. The number of aromatic nitrogens is 3. The molecule has 21 heavy (non-hydrogen) atoms. The largest absolute Gasteiger partial charge is 0.356 e. The molecule has 118 valence electrons. The number of nitrogens with zero attached hydrogens (tertiary/aromatic N) is 4. The SMILES string of the molecule is CCCCCNC(=NC)NCc1nnc2n1CCCCC2. The molecule has 1 aromatic rings. The molecule has 0 saturated carbocycles. The van der Waals surface area contributed by atoms with Gasteiger partial charge < -0.3 is 15.2 Å². The van der Waals surface area contributed by atoms with Crippen molar-refractivity contribution in [3.05, 3.63) is 11.6 Å². The fourth-order valence-electron chi connectivity index (χ4n) is 2.64. The lowest BCUT2D eigenvalue weighted by Crippen LogP contribution is -2.37. The molecular weight excluding hydrogens is 264 g/mol. The third kappa shape index (κ3) is 4.72. The van der Waals surface area contributed by atoms with Crippen molar-refractivity contribution in [3.63, 3.8) is 0 Å². The van der Waals surface area contributed by atoms with Crippen LogP contribution in [0.4, 0.5) is 0 Å². The summed E-state index contributed by atoms with van der Waals surface area (Å²) in [5, 5.41) is 15.3. The Hall–Kier alpha value is -1.59. The maximum absolute atomic E-state index is 4.32. The molecule has 1 aliphatic heterocycles. The molecule has 0 saturated heterocycles. The van der Waals surface area contributed by atoms with Gasteiger partial charge in [0.1, 0.15) is 5.82 Å². The van der Waals surface area contributed by atoms with Gasteiger partial charge in [-0.25, -0.2) is 0 Å². The van der Waals surface area contributed by atoms with E-state index < -0.39 is 0 Å². The van der Waals surface area contributed by atoms with Crippen molar-refractivity contribution < 1.29 is 0 Å². The van der Waals surface area contributed by atoms with Crippen LogP contribution in [0.15, 0.2) is 4.99 Å². The molecule has 2 rings (SSSR count). The quantitative estimate of drug-likeness (QED) is 0.477. The molecule has 2 N–H and O–H groups in total. The van der Waals surface area contributed by atoms with Crippen molar-refractivity contribution in [2.45, 2.75) is 65.0 Å². The highest BCUT2D eigenvalue weighted by Gasteiger charge is 2.14. The van der Waals surface area contributed by atoms with Gasteiger partial charge in [-0.05, 0) is 19.3 Å². The molecule has 2 heterocycles. The fourth-order valence-corrected chi connectivity index (χ4v) is 2.64. The molecule has 0 unspecified atom stereocenters. The summed E-state index contributed by atoms with van der Waals surface area (Å²) < 4.78 is 2.27. The number of nitrogens with one attached hydrogen (secondary N) is 2. The minimum atomic E-state index is 0.681. The van der Waals surface area contributed by atoms with Crippen LogP contribution in [0.3, 0.4) is 0 Å². The predicted molar refractivity (Wildman–Crippen MR) is 85.3 cm³/mol. The monoisotopic (exact) mass is 292 g/mol. The molecule has 6 heteroatoms. The third-order valence-corrected chi connectivity index (χ3v) is 3.90. The van der Waals surface area contributed by atoms with Crippen LogP contribution in [0, 0.1) is 0 Å². The van der Waals surface area contributed by atoms with Crippen LogP contribution in [0.1, 0.15) is 57.1 Å². The number of hydrogen-bond donors (Lipinski definition) is 2. The molecule has 0 aliphatic carbocycles. The standard InChI is InChI=1S/C15H28N6/c1-3-4-7-10-17-15(16-2)18-12-14-20-19-13-9-6-5-8-11-21(13)14/h3-12H2,1-2H3,(H2,16,17,18). The number of rotatable bonds is 6. The summed E-state index contributed by atoms with van der Waals surface area (Å²) in [5.41, 5.74) is 0. The minimum Gasteiger partial charge on any atom is -0.356 e. The maximum atomic E-state index is 4.32. The zero-order chi connectivity index (χ0) is 14.9. The van der Waals surface area contributed by atoms with Gasteiger partial charge in [-0.15, -0.1) is 10.2 Å². The average Bonchev–Trinajstić information content (AvgIpc) is 2.74. The molecule has 6 nitrogen and oxygen atoms in total. The Morgan fingerprint density at radius 3 is 2.90 bits per heavy atom. The maximum Gasteiger partial charge on any atom is 0.191 e. The Morgan fingerprint density at radius 2 is 2.10 bits per heavy atom. The van der Waals surface area contributed by atoms with Gasteiger partial charge in [0.05, 0.1) is 6.54 Å². The van der Waals surface area contributed by atoms with Crippen LogP contribution in [0.2, 0.25) is 0 Å². The summed E-state index contributed by atoms with van der Waals surface area (Å²) in [5.74, 6) is 3.00. The van der Waals surface area contributed by atoms with Crippen molar-refractivity contribution in [1.82, 2.24) is 25.4 Å². The van der Waals surface area contributed by atoms with E-state index in [4.69, 9.17) is 0 Å². The van der Waals surface area contributed by atoms with E-state index in [9.17, 15) is 0 Å². The zero-order valence-electron chi connectivity index (χ0n) is 13.4. The summed E-state index contributed by atoms with van der Waals surface area (Å²) in [7, 11) is 1.81. The number of hydrogen-bond acceptors (Lipinski definition) is 3. The number of unbranched alkanes of at least 4 members (excludes halogenated alkanes) is 2. The summed E-state index contributed by atoms with van der Waals surface area (Å²) in [6, 6.07) is 0. The molecule has 1 aliphatic rings. The first-order chi connectivity index (χ1) is 10.3. The normalized spacial score (nSPS) is 15.4. The third-order valence-electron chi connectivity index (χ3n) is 3.90. The fraction of sp³-hybridized carbons (Fsp3) is 0.800. The van der Waals surface area contributed by atoms with Crippen LogP contribution < -0.4 is 10.6 Å². The lowest BCUT2D eigenvalue weighted by Gasteiger charge is -2.12. The zero-order valence-corrected chi connectivity index (χ0v) is 13.4. The smallest absolute Gasteiger partial charge is 0.191 e. The lowest BCUT2D eigenvalue weighted by atomic mass is 10.2. The highest BCUT2D eigenvalue weighted by molar-refractivity contribution is 5.79. The number of guanidine groups is 1. The van der Waals surface area contributed by atoms with E-state index >= 15 is 0 Å². The van der Waals surface area contributed by atoms with Gasteiger partial charge in [-0.2, -0.15) is 0 Å². The molecule has 0 atom stereocenters. The number of aryl methyl sites for hydroxylation is 1. The van der Waals surface area contributed by atoms with E-state index in [1.165, 1.54) is 38.5 Å². The second-order valence-corrected chi connectivity index (χ2v) is 5.55. The van der Waals surface area contributed by atoms with Crippen molar-refractivity contribution in [2.75, 3.05) is 13.6 Å². The van der Waals surface area contributed by atoms with E-state index in [1.54, 1.807) is 7.05 Å². The van der Waals surface area contributed by atoms with Crippen LogP contribution in [-0.4, -0.2) is 34.3 Å². The van der Waals surface area contributed by atoms with Gasteiger partial charge in [-0.3, -0.25) is 4.99 Å². The second kappa shape index (κ2) is 8.64. The van der Waals surface area contributed by atoms with Crippen molar-refractivity contribution in [1.29, 1.82) is 0 Å². The van der Waals surface area contributed by atoms with Crippen molar-refractivity contribution >= 4 is 5.96 Å². The van der Waals surface area contributed by atoms with E-state index in [0.717, 1.165) is 37.1 Å². The highest BCUT2D eigenvalue weighted by Crippen LogP contribution is 2.14. The Kier molecular flexibility index (Phi) is 6.50. The summed E-state index contributed by atoms with van der Waals surface area (Å²) >= 11 is 0. The molecule has 0 spiro atoms. The first-order valence-corrected chi connectivity index (χ1v) is 8.20. The van der Waals surface area contributed by atoms with Gasteiger partial charge in [0.25, 0.3) is 0 Å². The van der Waals surface area contributed by atoms with Gasteiger partial charge in [0, 0.05) is 26.6 Å². The Balaban J connectivity index is 1.83. The lowest BCUT2D eigenvalue weighted by molar-refractivity contribution is 0.595. The van der Waals surface area contributed by atoms with E-state index in [2.05, 4.69) is 37.3 Å².